The van der Waals surface area contributed by atoms with Crippen molar-refractivity contribution in [2.75, 3.05) is 13.2 Å². The predicted octanol–water partition coefficient (Wildman–Crippen LogP) is 9.13. The molecule has 0 aliphatic rings. The van der Waals surface area contributed by atoms with Gasteiger partial charge >= 0.3 is 0 Å². The van der Waals surface area contributed by atoms with Gasteiger partial charge in [-0.1, -0.05) is 73.1 Å². The molecule has 10 heteroatoms. The molecule has 2 aromatic heterocycles. The van der Waals surface area contributed by atoms with Gasteiger partial charge in [0, 0.05) is 24.0 Å². The lowest BCUT2D eigenvalue weighted by atomic mass is 10.2. The lowest BCUT2D eigenvalue weighted by molar-refractivity contribution is 0.115. The molecular formula is C28H30Cl4N2O4. The minimum atomic E-state index is -0.0478. The van der Waals surface area contributed by atoms with Crippen molar-refractivity contribution >= 4 is 68.2 Å². The molecule has 0 saturated carbocycles. The Morgan fingerprint density at radius 1 is 0.632 bits per heavy atom. The maximum Gasteiger partial charge on any atom is 0.160 e. The van der Waals surface area contributed by atoms with Gasteiger partial charge in [-0.2, -0.15) is 0 Å². The summed E-state index contributed by atoms with van der Waals surface area (Å²) < 4.78 is 11.0. The number of phenols is 2. The van der Waals surface area contributed by atoms with Crippen LogP contribution in [0.3, 0.4) is 0 Å². The zero-order valence-electron chi connectivity index (χ0n) is 21.2. The van der Waals surface area contributed by atoms with Gasteiger partial charge in [-0.3, -0.25) is 0 Å². The molecule has 0 fully saturated rings. The summed E-state index contributed by atoms with van der Waals surface area (Å²) >= 11 is 23.9. The lowest BCUT2D eigenvalue weighted by Gasteiger charge is -2.08. The topological polar surface area (TPSA) is 84.7 Å². The average molecular weight is 600 g/mol. The summed E-state index contributed by atoms with van der Waals surface area (Å²) in [6, 6.07) is 10.3. The van der Waals surface area contributed by atoms with Crippen LogP contribution in [0.2, 0.25) is 20.1 Å². The van der Waals surface area contributed by atoms with Crippen LogP contribution in [0.5, 0.6) is 11.5 Å². The van der Waals surface area contributed by atoms with Crippen LogP contribution in [0.15, 0.2) is 36.4 Å². The third-order valence-electron chi connectivity index (χ3n) is 5.57. The number of fused-ring (bicyclic) bond motifs is 2. The monoisotopic (exact) mass is 598 g/mol. The highest BCUT2D eigenvalue weighted by molar-refractivity contribution is 6.40. The Kier molecular flexibility index (Phi) is 12.0. The van der Waals surface area contributed by atoms with Gasteiger partial charge in [-0.25, -0.2) is 9.97 Å². The minimum Gasteiger partial charge on any atom is -0.504 e. The Labute approximate surface area is 242 Å². The number of phenolic OH excluding ortho intramolecular Hbond substituents is 2. The SMILES string of the molecule is CCCCCOCc1ccc2c(Cl)cc(Cl)c(O)c2n1.CCCOCc1ccc2c(Cl)cc(Cl)c(O)c2n1. The zero-order valence-corrected chi connectivity index (χ0v) is 24.3. The van der Waals surface area contributed by atoms with Crippen molar-refractivity contribution < 1.29 is 19.7 Å². The van der Waals surface area contributed by atoms with E-state index in [1.54, 1.807) is 0 Å². The highest BCUT2D eigenvalue weighted by Gasteiger charge is 2.12. The van der Waals surface area contributed by atoms with Crippen molar-refractivity contribution in [1.82, 2.24) is 9.97 Å². The van der Waals surface area contributed by atoms with E-state index in [9.17, 15) is 10.2 Å². The summed E-state index contributed by atoms with van der Waals surface area (Å²) in [5.74, 6) is -0.0905. The van der Waals surface area contributed by atoms with Gasteiger partial charge < -0.3 is 19.7 Å². The van der Waals surface area contributed by atoms with Crippen LogP contribution in [-0.2, 0) is 22.7 Å². The Bertz CT molecular complexity index is 1380. The highest BCUT2D eigenvalue weighted by Crippen LogP contribution is 2.37. The van der Waals surface area contributed by atoms with E-state index >= 15 is 0 Å². The van der Waals surface area contributed by atoms with E-state index < -0.39 is 0 Å². The molecule has 2 N–H and O–H groups in total. The number of nitrogens with zero attached hydrogens (tertiary/aromatic N) is 2. The number of aromatic nitrogens is 2. The first-order valence-corrected chi connectivity index (χ1v) is 13.9. The van der Waals surface area contributed by atoms with Crippen LogP contribution in [0.25, 0.3) is 21.8 Å². The molecule has 204 valence electrons. The fraction of sp³-hybridized carbons (Fsp3) is 0.357. The molecule has 4 rings (SSSR count). The summed E-state index contributed by atoms with van der Waals surface area (Å²) in [5, 5.41) is 22.6. The number of pyridine rings is 2. The summed E-state index contributed by atoms with van der Waals surface area (Å²) in [7, 11) is 0. The van der Waals surface area contributed by atoms with Crippen LogP contribution >= 0.6 is 46.4 Å². The van der Waals surface area contributed by atoms with Gasteiger partial charge in [0.05, 0.1) is 44.7 Å². The summed E-state index contributed by atoms with van der Waals surface area (Å²) in [5.41, 5.74) is 2.31. The Morgan fingerprint density at radius 3 is 1.55 bits per heavy atom. The fourth-order valence-electron chi connectivity index (χ4n) is 3.60. The minimum absolute atomic E-state index is 0.0427. The zero-order chi connectivity index (χ0) is 27.7. The average Bonchev–Trinajstić information content (AvgIpc) is 2.91. The first kappa shape index (κ1) is 30.5. The smallest absolute Gasteiger partial charge is 0.160 e. The normalized spacial score (nSPS) is 11.1. The van der Waals surface area contributed by atoms with Crippen molar-refractivity contribution in [3.05, 3.63) is 67.9 Å². The molecular weight excluding hydrogens is 570 g/mol. The molecule has 0 spiro atoms. The van der Waals surface area contributed by atoms with Crippen molar-refractivity contribution in [2.24, 2.45) is 0 Å². The summed E-state index contributed by atoms with van der Waals surface area (Å²) in [6.07, 6.45) is 4.34. The molecule has 0 aliphatic heterocycles. The number of hydrogen-bond donors (Lipinski definition) is 2. The molecule has 38 heavy (non-hydrogen) atoms. The van der Waals surface area contributed by atoms with Crippen molar-refractivity contribution in [2.45, 2.75) is 52.7 Å². The third-order valence-corrected chi connectivity index (χ3v) is 6.77. The molecule has 0 atom stereocenters. The molecule has 0 bridgehead atoms. The predicted molar refractivity (Wildman–Crippen MR) is 156 cm³/mol. The van der Waals surface area contributed by atoms with Crippen LogP contribution in [0.4, 0.5) is 0 Å². The van der Waals surface area contributed by atoms with Gasteiger partial charge in [0.1, 0.15) is 11.0 Å². The molecule has 2 heterocycles. The summed E-state index contributed by atoms with van der Waals surface area (Å²) in [4.78, 5) is 8.69. The standard InChI is InChI=1S/C15H17Cl2NO2.C13H13Cl2NO2/c1-2-3-4-7-20-9-10-5-6-11-12(16)8-13(17)15(19)14(11)18-10;1-2-5-18-7-8-3-4-9-10(14)6-11(15)13(17)12(9)16-8/h5-6,8,19H,2-4,7,9H2,1H3;3-4,6,17H,2,5,7H2,1H3. The van der Waals surface area contributed by atoms with Crippen LogP contribution in [-0.4, -0.2) is 33.4 Å². The largest absolute Gasteiger partial charge is 0.504 e. The van der Waals surface area contributed by atoms with Gasteiger partial charge in [-0.05, 0) is 49.2 Å². The molecule has 0 radical (unpaired) electrons. The van der Waals surface area contributed by atoms with Crippen molar-refractivity contribution in [1.29, 1.82) is 0 Å². The number of hydrogen-bond acceptors (Lipinski definition) is 6. The summed E-state index contributed by atoms with van der Waals surface area (Å²) in [6.45, 7) is 6.43. The van der Waals surface area contributed by atoms with Gasteiger partial charge in [0.25, 0.3) is 0 Å². The van der Waals surface area contributed by atoms with Crippen LogP contribution in [0.1, 0.15) is 50.9 Å². The molecule has 0 unspecified atom stereocenters. The molecule has 6 nitrogen and oxygen atoms in total. The third kappa shape index (κ3) is 7.98. The first-order chi connectivity index (χ1) is 18.3. The van der Waals surface area contributed by atoms with E-state index in [1.165, 1.54) is 18.6 Å². The van der Waals surface area contributed by atoms with Gasteiger partial charge in [0.2, 0.25) is 0 Å². The van der Waals surface area contributed by atoms with E-state index in [0.717, 1.165) is 37.3 Å². The fourth-order valence-corrected chi connectivity index (χ4v) is 4.63. The molecule has 0 saturated heterocycles. The number of unbranched alkanes of at least 4 members (excludes halogenated alkanes) is 2. The lowest BCUT2D eigenvalue weighted by Crippen LogP contribution is -1.98. The Morgan fingerprint density at radius 2 is 1.11 bits per heavy atom. The number of rotatable bonds is 10. The molecule has 2 aromatic carbocycles. The van der Waals surface area contributed by atoms with Crippen molar-refractivity contribution in [3.63, 3.8) is 0 Å². The number of aromatic hydroxyl groups is 2. The second-order valence-corrected chi connectivity index (χ2v) is 10.2. The first-order valence-electron chi connectivity index (χ1n) is 12.3. The molecule has 0 aliphatic carbocycles. The van der Waals surface area contributed by atoms with Gasteiger partial charge in [-0.15, -0.1) is 0 Å². The second kappa shape index (κ2) is 14.9. The van der Waals surface area contributed by atoms with Gasteiger partial charge in [0.15, 0.2) is 11.5 Å². The Balaban J connectivity index is 0.000000212. The number of halogens is 4. The second-order valence-electron chi connectivity index (χ2n) is 8.59. The van der Waals surface area contributed by atoms with E-state index in [0.29, 0.717) is 51.7 Å². The number of benzene rings is 2. The number of ether oxygens (including phenoxy) is 2. The van der Waals surface area contributed by atoms with Crippen LogP contribution < -0.4 is 0 Å². The van der Waals surface area contributed by atoms with E-state index in [2.05, 4.69) is 16.9 Å². The van der Waals surface area contributed by atoms with E-state index in [1.807, 2.05) is 31.2 Å². The van der Waals surface area contributed by atoms with Crippen molar-refractivity contribution in [3.8, 4) is 11.5 Å². The van der Waals surface area contributed by atoms with E-state index in [-0.39, 0.29) is 21.5 Å². The highest BCUT2D eigenvalue weighted by atomic mass is 35.5. The van der Waals surface area contributed by atoms with Crippen LogP contribution in [0, 0.1) is 0 Å². The maximum absolute atomic E-state index is 9.95. The maximum atomic E-state index is 9.95. The quantitative estimate of drug-likeness (QED) is 0.177. The molecule has 4 aromatic rings. The Hall–Kier alpha value is -2.06. The van der Waals surface area contributed by atoms with E-state index in [4.69, 9.17) is 55.9 Å². The molecule has 0 amide bonds.